The summed E-state index contributed by atoms with van der Waals surface area (Å²) in [5.74, 6) is 1.71. The van der Waals surface area contributed by atoms with E-state index in [0.29, 0.717) is 6.01 Å². The lowest BCUT2D eigenvalue weighted by molar-refractivity contribution is 0.411. The predicted octanol–water partition coefficient (Wildman–Crippen LogP) is 4.55. The Labute approximate surface area is 143 Å². The molecular formula is C20H23N3O. The second-order valence-electron chi connectivity index (χ2n) is 6.68. The molecule has 0 bridgehead atoms. The molecule has 124 valence electrons. The topological polar surface area (TPSA) is 39.9 Å². The second kappa shape index (κ2) is 6.11. The van der Waals surface area contributed by atoms with Gasteiger partial charge in [-0.25, -0.2) is 0 Å². The lowest BCUT2D eigenvalue weighted by atomic mass is 9.84. The van der Waals surface area contributed by atoms with Crippen LogP contribution in [0.2, 0.25) is 0 Å². The Morgan fingerprint density at radius 1 is 0.875 bits per heavy atom. The predicted molar refractivity (Wildman–Crippen MR) is 95.6 cm³/mol. The summed E-state index contributed by atoms with van der Waals surface area (Å²) in [6, 6.07) is 16.9. The van der Waals surface area contributed by atoms with Crippen LogP contribution in [-0.4, -0.2) is 14.8 Å². The Morgan fingerprint density at radius 2 is 1.50 bits per heavy atom. The molecule has 0 saturated carbocycles. The lowest BCUT2D eigenvalue weighted by Crippen LogP contribution is -2.23. The molecule has 0 spiro atoms. The molecule has 0 amide bonds. The van der Waals surface area contributed by atoms with Gasteiger partial charge in [0.25, 0.3) is 0 Å². The molecule has 0 fully saturated rings. The van der Waals surface area contributed by atoms with E-state index in [0.717, 1.165) is 22.7 Å². The molecule has 0 saturated heterocycles. The Morgan fingerprint density at radius 3 is 2.12 bits per heavy atom. The average Bonchev–Trinajstić information content (AvgIpc) is 2.93. The smallest absolute Gasteiger partial charge is 0.322 e. The summed E-state index contributed by atoms with van der Waals surface area (Å²) in [6.45, 7) is 8.37. The number of hydrogen-bond donors (Lipinski definition) is 0. The molecule has 0 aliphatic rings. The number of ether oxygens (including phenoxy) is 1. The largest absolute Gasteiger partial charge is 0.424 e. The Kier molecular flexibility index (Phi) is 4.14. The van der Waals surface area contributed by atoms with E-state index in [-0.39, 0.29) is 5.41 Å². The highest BCUT2D eigenvalue weighted by Gasteiger charge is 2.30. The van der Waals surface area contributed by atoms with Crippen molar-refractivity contribution in [2.45, 2.75) is 33.1 Å². The zero-order chi connectivity index (χ0) is 17.3. The minimum absolute atomic E-state index is 0.259. The van der Waals surface area contributed by atoms with E-state index >= 15 is 0 Å². The maximum absolute atomic E-state index is 6.07. The van der Waals surface area contributed by atoms with Gasteiger partial charge in [-0.05, 0) is 44.4 Å². The molecule has 0 unspecified atom stereocenters. The van der Waals surface area contributed by atoms with Gasteiger partial charge in [0.05, 0.1) is 0 Å². The SMILES string of the molecule is Cc1cccc(C)c1Oc1nnc(C(C)(C)c2ccccc2)n1C. The number of aromatic nitrogens is 3. The van der Waals surface area contributed by atoms with Crippen molar-refractivity contribution in [1.29, 1.82) is 0 Å². The van der Waals surface area contributed by atoms with Crippen molar-refractivity contribution in [3.63, 3.8) is 0 Å². The summed E-state index contributed by atoms with van der Waals surface area (Å²) in [5.41, 5.74) is 3.11. The standard InChI is InChI=1S/C20H23N3O/c1-14-10-9-11-15(2)17(14)24-19-22-21-18(23(19)5)20(3,4)16-12-7-6-8-13-16/h6-13H,1-5H3. The average molecular weight is 321 g/mol. The summed E-state index contributed by atoms with van der Waals surface area (Å²) in [4.78, 5) is 0. The van der Waals surface area contributed by atoms with Crippen LogP contribution in [-0.2, 0) is 12.5 Å². The number of nitrogens with zero attached hydrogens (tertiary/aromatic N) is 3. The van der Waals surface area contributed by atoms with Gasteiger partial charge in [0.2, 0.25) is 0 Å². The summed E-state index contributed by atoms with van der Waals surface area (Å²) >= 11 is 0. The van der Waals surface area contributed by atoms with Crippen molar-refractivity contribution in [1.82, 2.24) is 14.8 Å². The van der Waals surface area contributed by atoms with Gasteiger partial charge < -0.3 is 4.74 Å². The molecule has 0 radical (unpaired) electrons. The van der Waals surface area contributed by atoms with Crippen LogP contribution in [0, 0.1) is 13.8 Å². The molecule has 1 heterocycles. The van der Waals surface area contributed by atoms with Crippen LogP contribution < -0.4 is 4.74 Å². The molecule has 0 aliphatic heterocycles. The van der Waals surface area contributed by atoms with Gasteiger partial charge in [-0.3, -0.25) is 4.57 Å². The highest BCUT2D eigenvalue weighted by molar-refractivity contribution is 5.41. The first-order chi connectivity index (χ1) is 11.4. The summed E-state index contributed by atoms with van der Waals surface area (Å²) in [7, 11) is 1.95. The van der Waals surface area contributed by atoms with Crippen molar-refractivity contribution in [2.24, 2.45) is 7.05 Å². The van der Waals surface area contributed by atoms with Gasteiger partial charge >= 0.3 is 6.01 Å². The van der Waals surface area contributed by atoms with Gasteiger partial charge in [0, 0.05) is 12.5 Å². The Bertz CT molecular complexity index is 830. The summed E-state index contributed by atoms with van der Waals surface area (Å²) < 4.78 is 8.00. The van der Waals surface area contributed by atoms with E-state index in [1.54, 1.807) is 0 Å². The summed E-state index contributed by atoms with van der Waals surface area (Å²) in [5, 5.41) is 8.68. The lowest BCUT2D eigenvalue weighted by Gasteiger charge is -2.24. The first kappa shape index (κ1) is 16.2. The molecule has 3 aromatic rings. The van der Waals surface area contributed by atoms with Gasteiger partial charge in [0.1, 0.15) is 11.6 Å². The van der Waals surface area contributed by atoms with Crippen LogP contribution in [0.1, 0.15) is 36.4 Å². The number of rotatable bonds is 4. The zero-order valence-electron chi connectivity index (χ0n) is 14.9. The molecule has 2 aromatic carbocycles. The number of hydrogen-bond acceptors (Lipinski definition) is 3. The molecule has 1 aromatic heterocycles. The minimum atomic E-state index is -0.259. The first-order valence-electron chi connectivity index (χ1n) is 8.10. The second-order valence-corrected chi connectivity index (χ2v) is 6.68. The van der Waals surface area contributed by atoms with Crippen LogP contribution in [0.25, 0.3) is 0 Å². The van der Waals surface area contributed by atoms with Crippen molar-refractivity contribution < 1.29 is 4.74 Å². The molecule has 4 heteroatoms. The minimum Gasteiger partial charge on any atom is -0.424 e. The fraction of sp³-hybridized carbons (Fsp3) is 0.300. The maximum atomic E-state index is 6.07. The van der Waals surface area contributed by atoms with E-state index < -0.39 is 0 Å². The van der Waals surface area contributed by atoms with Crippen LogP contribution in [0.15, 0.2) is 48.5 Å². The maximum Gasteiger partial charge on any atom is 0.322 e. The molecular weight excluding hydrogens is 298 g/mol. The number of para-hydroxylation sites is 1. The molecule has 0 N–H and O–H groups in total. The highest BCUT2D eigenvalue weighted by Crippen LogP contribution is 2.33. The van der Waals surface area contributed by atoms with Gasteiger partial charge in [-0.1, -0.05) is 53.6 Å². The molecule has 0 aliphatic carbocycles. The monoisotopic (exact) mass is 321 g/mol. The van der Waals surface area contributed by atoms with Gasteiger partial charge in [0.15, 0.2) is 0 Å². The van der Waals surface area contributed by atoms with E-state index in [1.807, 2.05) is 61.9 Å². The Balaban J connectivity index is 1.98. The molecule has 3 rings (SSSR count). The van der Waals surface area contributed by atoms with Crippen LogP contribution >= 0.6 is 0 Å². The third-order valence-electron chi connectivity index (χ3n) is 4.49. The zero-order valence-corrected chi connectivity index (χ0v) is 14.9. The van der Waals surface area contributed by atoms with Gasteiger partial charge in [-0.2, -0.15) is 0 Å². The first-order valence-corrected chi connectivity index (χ1v) is 8.10. The molecule has 24 heavy (non-hydrogen) atoms. The van der Waals surface area contributed by atoms with E-state index in [1.165, 1.54) is 5.56 Å². The van der Waals surface area contributed by atoms with Crippen LogP contribution in [0.4, 0.5) is 0 Å². The third-order valence-corrected chi connectivity index (χ3v) is 4.49. The normalized spacial score (nSPS) is 11.5. The number of benzene rings is 2. The molecule has 4 nitrogen and oxygen atoms in total. The van der Waals surface area contributed by atoms with E-state index in [4.69, 9.17) is 4.74 Å². The Hall–Kier alpha value is -2.62. The van der Waals surface area contributed by atoms with Crippen molar-refractivity contribution in [3.8, 4) is 11.8 Å². The number of aryl methyl sites for hydroxylation is 2. The van der Waals surface area contributed by atoms with Crippen molar-refractivity contribution >= 4 is 0 Å². The van der Waals surface area contributed by atoms with Crippen molar-refractivity contribution in [2.75, 3.05) is 0 Å². The summed E-state index contributed by atoms with van der Waals surface area (Å²) in [6.07, 6.45) is 0. The van der Waals surface area contributed by atoms with E-state index in [2.05, 4.69) is 36.2 Å². The highest BCUT2D eigenvalue weighted by atomic mass is 16.5. The van der Waals surface area contributed by atoms with Crippen LogP contribution in [0.5, 0.6) is 11.8 Å². The fourth-order valence-corrected chi connectivity index (χ4v) is 2.98. The quantitative estimate of drug-likeness (QED) is 0.708. The molecule has 0 atom stereocenters. The van der Waals surface area contributed by atoms with Gasteiger partial charge in [-0.15, -0.1) is 5.10 Å². The van der Waals surface area contributed by atoms with E-state index in [9.17, 15) is 0 Å². The fourth-order valence-electron chi connectivity index (χ4n) is 2.98. The third kappa shape index (κ3) is 2.80. The van der Waals surface area contributed by atoms with Crippen molar-refractivity contribution in [3.05, 3.63) is 71.0 Å². The van der Waals surface area contributed by atoms with Crippen LogP contribution in [0.3, 0.4) is 0 Å².